The number of carbonyl (C=O) groups excluding carboxylic acids is 1. The highest BCUT2D eigenvalue weighted by Gasteiger charge is 2.43. The van der Waals surface area contributed by atoms with E-state index in [4.69, 9.17) is 4.98 Å². The number of benzene rings is 4. The maximum absolute atomic E-state index is 12.9. The van der Waals surface area contributed by atoms with Crippen LogP contribution in [0.3, 0.4) is 0 Å². The molecule has 1 aliphatic rings. The smallest absolute Gasteiger partial charge is 0.237 e. The molecule has 4 aromatic carbocycles. The summed E-state index contributed by atoms with van der Waals surface area (Å²) >= 11 is 0. The van der Waals surface area contributed by atoms with Crippen molar-refractivity contribution in [1.82, 2.24) is 20.2 Å². The van der Waals surface area contributed by atoms with Crippen molar-refractivity contribution in [2.45, 2.75) is 26.2 Å². The summed E-state index contributed by atoms with van der Waals surface area (Å²) in [6.45, 7) is 6.61. The third-order valence-electron chi connectivity index (χ3n) is 7.96. The van der Waals surface area contributed by atoms with Gasteiger partial charge < -0.3 is 9.88 Å². The number of carbonyl (C=O) groups is 1. The number of aromatic amines is 2. The van der Waals surface area contributed by atoms with E-state index in [9.17, 15) is 4.79 Å². The molecule has 0 fully saturated rings. The van der Waals surface area contributed by atoms with Gasteiger partial charge in [-0.2, -0.15) is 5.10 Å². The average Bonchev–Trinajstić information content (AvgIpc) is 3.64. The predicted octanol–water partition coefficient (Wildman–Crippen LogP) is 7.59. The van der Waals surface area contributed by atoms with Crippen LogP contribution in [0.2, 0.25) is 0 Å². The van der Waals surface area contributed by atoms with Crippen LogP contribution in [-0.4, -0.2) is 32.6 Å². The molecular weight excluding hydrogens is 494 g/mol. The monoisotopic (exact) mass is 523 g/mol. The molecule has 0 saturated carbocycles. The Morgan fingerprint density at radius 3 is 2.35 bits per heavy atom. The highest BCUT2D eigenvalue weighted by atomic mass is 16.2. The third kappa shape index (κ3) is 3.83. The van der Waals surface area contributed by atoms with Gasteiger partial charge in [-0.05, 0) is 72.9 Å². The fourth-order valence-electron chi connectivity index (χ4n) is 5.69. The molecule has 1 amide bonds. The number of fused-ring (bicyclic) bond motifs is 3. The van der Waals surface area contributed by atoms with Crippen molar-refractivity contribution in [2.24, 2.45) is 0 Å². The Bertz CT molecular complexity index is 1930. The molecule has 6 nitrogen and oxygen atoms in total. The van der Waals surface area contributed by atoms with E-state index >= 15 is 0 Å². The fraction of sp³-hybridized carbons (Fsp3) is 0.147. The molecule has 196 valence electrons. The van der Waals surface area contributed by atoms with Crippen LogP contribution in [0.4, 0.5) is 5.69 Å². The van der Waals surface area contributed by atoms with E-state index in [-0.39, 0.29) is 5.91 Å². The van der Waals surface area contributed by atoms with Gasteiger partial charge in [0.1, 0.15) is 5.69 Å². The number of H-pyrrole nitrogens is 2. The van der Waals surface area contributed by atoms with Gasteiger partial charge in [-0.25, -0.2) is 4.98 Å². The van der Waals surface area contributed by atoms with Gasteiger partial charge in [-0.1, -0.05) is 72.8 Å². The van der Waals surface area contributed by atoms with E-state index in [0.29, 0.717) is 12.4 Å². The van der Waals surface area contributed by atoms with Gasteiger partial charge in [0.05, 0.1) is 27.7 Å². The van der Waals surface area contributed by atoms with Crippen molar-refractivity contribution in [1.29, 1.82) is 0 Å². The van der Waals surface area contributed by atoms with Gasteiger partial charge in [0, 0.05) is 11.9 Å². The number of likely N-dealkylation sites (N-methyl/N-ethyl adjacent to an activating group) is 1. The molecule has 0 saturated heterocycles. The number of nitrogens with one attached hydrogen (secondary N) is 2. The van der Waals surface area contributed by atoms with E-state index in [0.717, 1.165) is 50.0 Å². The second kappa shape index (κ2) is 9.06. The van der Waals surface area contributed by atoms with Crippen LogP contribution in [0, 0.1) is 0 Å². The Kier molecular flexibility index (Phi) is 5.46. The van der Waals surface area contributed by atoms with E-state index in [1.54, 1.807) is 0 Å². The number of hydrogen-bond acceptors (Lipinski definition) is 3. The SMILES string of the molecule is CCN1C(=O)C(C)(C)c2cc3nc(-c4n[nH]c5cc(/C=C/c6ccc(-c7ccccc7)cc6)ccc45)[nH]c3cc21. The zero-order valence-electron chi connectivity index (χ0n) is 22.7. The Morgan fingerprint density at radius 1 is 0.850 bits per heavy atom. The minimum Gasteiger partial charge on any atom is -0.337 e. The van der Waals surface area contributed by atoms with Crippen molar-refractivity contribution in [3.05, 3.63) is 102 Å². The summed E-state index contributed by atoms with van der Waals surface area (Å²) in [5.41, 5.74) is 9.52. The van der Waals surface area contributed by atoms with Gasteiger partial charge >= 0.3 is 0 Å². The van der Waals surface area contributed by atoms with Gasteiger partial charge in [0.15, 0.2) is 5.82 Å². The molecule has 2 aromatic heterocycles. The van der Waals surface area contributed by atoms with Gasteiger partial charge in [0.25, 0.3) is 0 Å². The zero-order chi connectivity index (χ0) is 27.4. The summed E-state index contributed by atoms with van der Waals surface area (Å²) in [5.74, 6) is 0.837. The van der Waals surface area contributed by atoms with Crippen LogP contribution in [0.5, 0.6) is 0 Å². The van der Waals surface area contributed by atoms with E-state index < -0.39 is 5.41 Å². The first kappa shape index (κ1) is 24.1. The minimum absolute atomic E-state index is 0.130. The number of amides is 1. The second-order valence-electron chi connectivity index (χ2n) is 10.8. The van der Waals surface area contributed by atoms with Crippen molar-refractivity contribution >= 4 is 45.7 Å². The lowest BCUT2D eigenvalue weighted by atomic mass is 9.86. The Morgan fingerprint density at radius 2 is 1.57 bits per heavy atom. The van der Waals surface area contributed by atoms with E-state index in [1.807, 2.05) is 43.9 Å². The zero-order valence-corrected chi connectivity index (χ0v) is 22.7. The highest BCUT2D eigenvalue weighted by molar-refractivity contribution is 6.09. The fourth-order valence-corrected chi connectivity index (χ4v) is 5.69. The molecule has 3 heterocycles. The molecule has 0 bridgehead atoms. The molecule has 1 aliphatic heterocycles. The Labute approximate surface area is 232 Å². The van der Waals surface area contributed by atoms with Crippen LogP contribution in [0.1, 0.15) is 37.5 Å². The maximum Gasteiger partial charge on any atom is 0.237 e. The van der Waals surface area contributed by atoms with Crippen LogP contribution >= 0.6 is 0 Å². The number of hydrogen-bond donors (Lipinski definition) is 2. The molecule has 6 aromatic rings. The number of imidazole rings is 1. The summed E-state index contributed by atoms with van der Waals surface area (Å²) in [6.07, 6.45) is 4.24. The van der Waals surface area contributed by atoms with Crippen LogP contribution in [0.25, 0.3) is 56.7 Å². The lowest BCUT2D eigenvalue weighted by molar-refractivity contribution is -0.122. The van der Waals surface area contributed by atoms with Crippen molar-refractivity contribution in [2.75, 3.05) is 11.4 Å². The summed E-state index contributed by atoms with van der Waals surface area (Å²) < 4.78 is 0. The van der Waals surface area contributed by atoms with Crippen molar-refractivity contribution in [3.63, 3.8) is 0 Å². The standard InChI is InChI=1S/C34H29N5O/c1-4-39-30-20-29-28(19-26(30)34(2,3)33(39)40)35-32(36-29)31-25-17-14-22(18-27(25)37-38-31)11-10-21-12-15-24(16-13-21)23-8-6-5-7-9-23/h5-20H,4H2,1-3H3,(H,35,36)(H,37,38)/b11-10+. The molecule has 0 spiro atoms. The molecule has 2 N–H and O–H groups in total. The quantitative estimate of drug-likeness (QED) is 0.229. The largest absolute Gasteiger partial charge is 0.337 e. The maximum atomic E-state index is 12.9. The molecule has 0 atom stereocenters. The number of aromatic nitrogens is 4. The Balaban J connectivity index is 1.17. The van der Waals surface area contributed by atoms with Gasteiger partial charge in [-0.15, -0.1) is 0 Å². The van der Waals surface area contributed by atoms with Crippen molar-refractivity contribution < 1.29 is 4.79 Å². The summed E-state index contributed by atoms with van der Waals surface area (Å²) in [7, 11) is 0. The van der Waals surface area contributed by atoms with Crippen LogP contribution in [-0.2, 0) is 10.2 Å². The van der Waals surface area contributed by atoms with E-state index in [2.05, 4.69) is 94.1 Å². The first-order valence-electron chi connectivity index (χ1n) is 13.6. The van der Waals surface area contributed by atoms with E-state index in [1.165, 1.54) is 11.1 Å². The van der Waals surface area contributed by atoms with Crippen LogP contribution < -0.4 is 4.90 Å². The predicted molar refractivity (Wildman–Crippen MR) is 163 cm³/mol. The molecular formula is C34H29N5O. The Hall–Kier alpha value is -4.97. The van der Waals surface area contributed by atoms with Crippen molar-refractivity contribution in [3.8, 4) is 22.6 Å². The second-order valence-corrected chi connectivity index (χ2v) is 10.8. The lowest BCUT2D eigenvalue weighted by Gasteiger charge is -2.18. The molecule has 40 heavy (non-hydrogen) atoms. The number of rotatable bonds is 5. The van der Waals surface area contributed by atoms with Gasteiger partial charge in [-0.3, -0.25) is 9.89 Å². The molecule has 0 radical (unpaired) electrons. The average molecular weight is 524 g/mol. The topological polar surface area (TPSA) is 77.7 Å². The normalized spacial score (nSPS) is 14.6. The first-order valence-corrected chi connectivity index (χ1v) is 13.6. The molecule has 0 aliphatic carbocycles. The minimum atomic E-state index is -0.564. The van der Waals surface area contributed by atoms with Gasteiger partial charge in [0.2, 0.25) is 5.91 Å². The lowest BCUT2D eigenvalue weighted by Crippen LogP contribution is -2.35. The van der Waals surface area contributed by atoms with Crippen LogP contribution in [0.15, 0.2) is 84.9 Å². The third-order valence-corrected chi connectivity index (χ3v) is 7.96. The molecule has 6 heteroatoms. The summed E-state index contributed by atoms with van der Waals surface area (Å²) in [4.78, 5) is 23.1. The molecule has 7 rings (SSSR count). The summed E-state index contributed by atoms with van der Waals surface area (Å²) in [5, 5.41) is 8.78. The first-order chi connectivity index (χ1) is 19.4. The number of anilines is 1. The number of nitrogens with zero attached hydrogens (tertiary/aromatic N) is 3. The highest BCUT2D eigenvalue weighted by Crippen LogP contribution is 2.43. The molecule has 0 unspecified atom stereocenters. The summed E-state index contributed by atoms with van der Waals surface area (Å²) in [6, 6.07) is 29.4.